The molecule has 0 bridgehead atoms. The number of imidazole rings is 1. The Labute approximate surface area is 162 Å². The molecule has 1 aromatic carbocycles. The summed E-state index contributed by atoms with van der Waals surface area (Å²) in [5.41, 5.74) is 0.880. The maximum absolute atomic E-state index is 12.9. The molecule has 150 valence electrons. The van der Waals surface area contributed by atoms with Crippen molar-refractivity contribution >= 4 is 17.9 Å². The van der Waals surface area contributed by atoms with Gasteiger partial charge in [-0.05, 0) is 31.2 Å². The van der Waals surface area contributed by atoms with Gasteiger partial charge >= 0.3 is 6.09 Å². The van der Waals surface area contributed by atoms with Crippen molar-refractivity contribution in [1.29, 1.82) is 0 Å². The second kappa shape index (κ2) is 9.86. The van der Waals surface area contributed by atoms with E-state index in [0.29, 0.717) is 13.0 Å². The van der Waals surface area contributed by atoms with Crippen molar-refractivity contribution in [3.63, 3.8) is 0 Å². The number of aromatic amines is 1. The summed E-state index contributed by atoms with van der Waals surface area (Å²) in [6.07, 6.45) is 2.99. The summed E-state index contributed by atoms with van der Waals surface area (Å²) in [6.45, 7) is 0.549. The van der Waals surface area contributed by atoms with E-state index < -0.39 is 30.4 Å². The fourth-order valence-electron chi connectivity index (χ4n) is 3.10. The van der Waals surface area contributed by atoms with E-state index in [9.17, 15) is 14.7 Å². The summed E-state index contributed by atoms with van der Waals surface area (Å²) in [5.74, 6) is -0.240. The Morgan fingerprint density at radius 2 is 2.14 bits per heavy atom. The highest BCUT2D eigenvalue weighted by atomic mass is 16.7. The Morgan fingerprint density at radius 3 is 2.79 bits per heavy atom. The number of aromatic nitrogens is 2. The Balaban J connectivity index is 1.80. The SMILES string of the molecule is O=C(O)N[C@@H](Cc1ccccc1)[C@@H](OC1CCCCO1)C(=O)Nc1ncc[nH]1. The summed E-state index contributed by atoms with van der Waals surface area (Å²) in [7, 11) is 0. The zero-order chi connectivity index (χ0) is 19.8. The van der Waals surface area contributed by atoms with Crippen LogP contribution in [0, 0.1) is 0 Å². The van der Waals surface area contributed by atoms with Crippen molar-refractivity contribution in [2.75, 3.05) is 11.9 Å². The van der Waals surface area contributed by atoms with Crippen LogP contribution in [0.1, 0.15) is 24.8 Å². The molecule has 9 heteroatoms. The third-order valence-corrected chi connectivity index (χ3v) is 4.41. The van der Waals surface area contributed by atoms with Gasteiger partial charge in [-0.2, -0.15) is 0 Å². The maximum Gasteiger partial charge on any atom is 0.404 e. The van der Waals surface area contributed by atoms with Crippen LogP contribution in [0.15, 0.2) is 42.7 Å². The van der Waals surface area contributed by atoms with Crippen molar-refractivity contribution in [2.24, 2.45) is 0 Å². The van der Waals surface area contributed by atoms with Crippen molar-refractivity contribution < 1.29 is 24.2 Å². The van der Waals surface area contributed by atoms with E-state index in [1.54, 1.807) is 6.20 Å². The van der Waals surface area contributed by atoms with Gasteiger partial charge in [0.2, 0.25) is 5.95 Å². The highest BCUT2D eigenvalue weighted by Crippen LogP contribution is 2.19. The lowest BCUT2D eigenvalue weighted by Gasteiger charge is -2.31. The number of nitrogens with one attached hydrogen (secondary N) is 3. The van der Waals surface area contributed by atoms with Crippen LogP contribution in [0.4, 0.5) is 10.7 Å². The van der Waals surface area contributed by atoms with E-state index in [1.165, 1.54) is 6.20 Å². The molecule has 1 saturated heterocycles. The largest absolute Gasteiger partial charge is 0.465 e. The van der Waals surface area contributed by atoms with E-state index in [0.717, 1.165) is 18.4 Å². The van der Waals surface area contributed by atoms with Gasteiger partial charge in [0.05, 0.1) is 6.04 Å². The normalized spacial score (nSPS) is 18.8. The quantitative estimate of drug-likeness (QED) is 0.549. The predicted octanol–water partition coefficient (Wildman–Crippen LogP) is 2.14. The molecule has 1 unspecified atom stereocenters. The van der Waals surface area contributed by atoms with Gasteiger partial charge in [-0.25, -0.2) is 9.78 Å². The van der Waals surface area contributed by atoms with Gasteiger partial charge in [0, 0.05) is 19.0 Å². The van der Waals surface area contributed by atoms with E-state index in [2.05, 4.69) is 20.6 Å². The first kappa shape index (κ1) is 19.8. The lowest BCUT2D eigenvalue weighted by molar-refractivity contribution is -0.194. The summed E-state index contributed by atoms with van der Waals surface area (Å²) < 4.78 is 11.5. The molecule has 2 amide bonds. The molecule has 1 aliphatic rings. The van der Waals surface area contributed by atoms with Gasteiger partial charge in [-0.1, -0.05) is 30.3 Å². The molecule has 9 nitrogen and oxygen atoms in total. The first-order valence-electron chi connectivity index (χ1n) is 9.22. The average Bonchev–Trinajstić information content (AvgIpc) is 3.20. The zero-order valence-electron chi connectivity index (χ0n) is 15.3. The van der Waals surface area contributed by atoms with Crippen LogP contribution in [0.3, 0.4) is 0 Å². The Kier molecular flexibility index (Phi) is 6.99. The van der Waals surface area contributed by atoms with E-state index in [-0.39, 0.29) is 12.4 Å². The molecule has 3 atom stereocenters. The van der Waals surface area contributed by atoms with Crippen molar-refractivity contribution in [2.45, 2.75) is 44.1 Å². The van der Waals surface area contributed by atoms with Crippen molar-refractivity contribution in [1.82, 2.24) is 15.3 Å². The number of anilines is 1. The fourth-order valence-corrected chi connectivity index (χ4v) is 3.10. The number of hydrogen-bond donors (Lipinski definition) is 4. The third-order valence-electron chi connectivity index (χ3n) is 4.41. The predicted molar refractivity (Wildman–Crippen MR) is 101 cm³/mol. The number of hydrogen-bond acceptors (Lipinski definition) is 5. The summed E-state index contributed by atoms with van der Waals surface area (Å²) in [5, 5.41) is 14.4. The minimum absolute atomic E-state index is 0.261. The molecule has 0 aliphatic carbocycles. The molecule has 28 heavy (non-hydrogen) atoms. The minimum atomic E-state index is -1.23. The van der Waals surface area contributed by atoms with Gasteiger partial charge in [0.1, 0.15) is 0 Å². The molecule has 1 aliphatic heterocycles. The number of carbonyl (C=O) groups is 2. The van der Waals surface area contributed by atoms with Crippen LogP contribution in [0.2, 0.25) is 0 Å². The van der Waals surface area contributed by atoms with Crippen LogP contribution in [0.5, 0.6) is 0 Å². The molecule has 1 fully saturated rings. The van der Waals surface area contributed by atoms with Gasteiger partial charge in [0.15, 0.2) is 12.4 Å². The lowest BCUT2D eigenvalue weighted by Crippen LogP contribution is -2.52. The molecule has 2 heterocycles. The second-order valence-electron chi connectivity index (χ2n) is 6.53. The van der Waals surface area contributed by atoms with Gasteiger partial charge in [0.25, 0.3) is 5.91 Å². The Morgan fingerprint density at radius 1 is 1.32 bits per heavy atom. The van der Waals surface area contributed by atoms with E-state index in [4.69, 9.17) is 9.47 Å². The highest BCUT2D eigenvalue weighted by molar-refractivity contribution is 5.93. The number of benzene rings is 1. The van der Waals surface area contributed by atoms with Crippen LogP contribution in [-0.2, 0) is 20.7 Å². The smallest absolute Gasteiger partial charge is 0.404 e. The first-order valence-corrected chi connectivity index (χ1v) is 9.22. The molecule has 2 aromatic rings. The Bertz CT molecular complexity index is 747. The van der Waals surface area contributed by atoms with Crippen LogP contribution in [0.25, 0.3) is 0 Å². The van der Waals surface area contributed by atoms with E-state index in [1.807, 2.05) is 30.3 Å². The summed E-state index contributed by atoms with van der Waals surface area (Å²) in [4.78, 5) is 31.1. The highest BCUT2D eigenvalue weighted by Gasteiger charge is 2.34. The number of ether oxygens (including phenoxy) is 2. The molecule has 0 radical (unpaired) electrons. The minimum Gasteiger partial charge on any atom is -0.465 e. The molecule has 3 rings (SSSR count). The second-order valence-corrected chi connectivity index (χ2v) is 6.53. The van der Waals surface area contributed by atoms with Crippen LogP contribution >= 0.6 is 0 Å². The Hall–Kier alpha value is -2.91. The summed E-state index contributed by atoms with van der Waals surface area (Å²) >= 11 is 0. The molecule has 4 N–H and O–H groups in total. The zero-order valence-corrected chi connectivity index (χ0v) is 15.3. The number of carbonyl (C=O) groups excluding carboxylic acids is 1. The average molecular weight is 388 g/mol. The maximum atomic E-state index is 12.9. The van der Waals surface area contributed by atoms with Gasteiger partial charge in [-0.3, -0.25) is 10.1 Å². The number of nitrogens with zero attached hydrogens (tertiary/aromatic N) is 1. The standard InChI is InChI=1S/C19H24N4O5/c24-17(23-18-20-9-10-21-18)16(28-15-8-4-5-11-27-15)14(22-19(25)26)12-13-6-2-1-3-7-13/h1-3,6-7,9-10,14-16,22H,4-5,8,11-12H2,(H,25,26)(H2,20,21,23,24)/t14-,15?,16+/m0/s1. The fraction of sp³-hybridized carbons (Fsp3) is 0.421. The first-order chi connectivity index (χ1) is 13.6. The van der Waals surface area contributed by atoms with Crippen molar-refractivity contribution in [3.05, 3.63) is 48.3 Å². The van der Waals surface area contributed by atoms with Crippen LogP contribution in [-0.4, -0.2) is 52.1 Å². The number of carboxylic acid groups (broad SMARTS) is 1. The molecule has 0 spiro atoms. The molecule has 0 saturated carbocycles. The molecule has 1 aromatic heterocycles. The topological polar surface area (TPSA) is 126 Å². The molecular weight excluding hydrogens is 364 g/mol. The number of amides is 2. The third kappa shape index (κ3) is 5.80. The molecular formula is C19H24N4O5. The number of rotatable bonds is 8. The van der Waals surface area contributed by atoms with Gasteiger partial charge < -0.3 is 24.9 Å². The van der Waals surface area contributed by atoms with Crippen molar-refractivity contribution in [3.8, 4) is 0 Å². The van der Waals surface area contributed by atoms with Crippen LogP contribution < -0.4 is 10.6 Å². The number of H-pyrrole nitrogens is 1. The van der Waals surface area contributed by atoms with E-state index >= 15 is 0 Å². The lowest BCUT2D eigenvalue weighted by atomic mass is 10.0. The summed E-state index contributed by atoms with van der Waals surface area (Å²) in [6, 6.07) is 8.52. The van der Waals surface area contributed by atoms with Gasteiger partial charge in [-0.15, -0.1) is 0 Å². The monoisotopic (exact) mass is 388 g/mol.